The second-order valence-corrected chi connectivity index (χ2v) is 10.3. The zero-order chi connectivity index (χ0) is 18.6. The van der Waals surface area contributed by atoms with Crippen molar-refractivity contribution < 1.29 is 27.6 Å². The van der Waals surface area contributed by atoms with Gasteiger partial charge in [0.25, 0.3) is 0 Å². The Morgan fingerprint density at radius 2 is 1.27 bits per heavy atom. The summed E-state index contributed by atoms with van der Waals surface area (Å²) >= 11 is -2.68. The fourth-order valence-corrected chi connectivity index (χ4v) is 6.50. The van der Waals surface area contributed by atoms with E-state index in [-0.39, 0.29) is 11.5 Å². The molecule has 9 heteroatoms. The van der Waals surface area contributed by atoms with Crippen LogP contribution in [-0.4, -0.2) is 44.8 Å². The molecule has 141 valence electrons. The van der Waals surface area contributed by atoms with Crippen LogP contribution in [0.4, 0.5) is 0 Å². The van der Waals surface area contributed by atoms with Crippen LogP contribution in [0, 0.1) is 0 Å². The van der Waals surface area contributed by atoms with Gasteiger partial charge in [-0.25, -0.2) is 0 Å². The molecule has 0 bridgehead atoms. The Bertz CT molecular complexity index is 637. The molecule has 4 unspecified atom stereocenters. The van der Waals surface area contributed by atoms with Gasteiger partial charge in [0.1, 0.15) is 23.7 Å². The molecular weight excluding hydrogens is 395 g/mol. The maximum absolute atomic E-state index is 12.6. The van der Waals surface area contributed by atoms with E-state index >= 15 is 0 Å². The fraction of sp³-hybridized carbons (Fsp3) is 0.294. The Labute approximate surface area is 159 Å². The number of hydrogen-bond donors (Lipinski definition) is 1. The quantitative estimate of drug-likeness (QED) is 0.552. The van der Waals surface area contributed by atoms with Crippen molar-refractivity contribution in [1.29, 1.82) is 0 Å². The van der Waals surface area contributed by atoms with Gasteiger partial charge in [-0.2, -0.15) is 0 Å². The molecule has 1 aliphatic heterocycles. The van der Waals surface area contributed by atoms with Crippen molar-refractivity contribution in [3.63, 3.8) is 0 Å². The highest BCUT2D eigenvalue weighted by Crippen LogP contribution is 2.64. The van der Waals surface area contributed by atoms with Gasteiger partial charge in [-0.15, -0.1) is 0 Å². The molecule has 1 N–H and O–H groups in total. The molecule has 0 spiro atoms. The normalized spacial score (nSPS) is 28.0. The molecule has 2 aromatic carbocycles. The van der Waals surface area contributed by atoms with Crippen LogP contribution in [0.5, 0.6) is 0 Å². The maximum atomic E-state index is 12.6. The van der Waals surface area contributed by atoms with Gasteiger partial charge in [-0.05, 0) is 46.6 Å². The van der Waals surface area contributed by atoms with E-state index in [0.717, 1.165) is 0 Å². The zero-order valence-corrected chi connectivity index (χ0v) is 16.6. The molecule has 1 saturated heterocycles. The maximum Gasteiger partial charge on any atom is 0.378 e. The van der Waals surface area contributed by atoms with Gasteiger partial charge in [-0.3, -0.25) is 9.05 Å². The summed E-state index contributed by atoms with van der Waals surface area (Å²) in [5, 5.41) is 0. The highest BCUT2D eigenvalue weighted by Gasteiger charge is 2.50. The van der Waals surface area contributed by atoms with Crippen LogP contribution in [0.2, 0.25) is 0 Å². The molecule has 2 aromatic rings. The van der Waals surface area contributed by atoms with Crippen LogP contribution < -0.4 is 0 Å². The molecule has 0 aliphatic carbocycles. The summed E-state index contributed by atoms with van der Waals surface area (Å²) in [6.45, 7) is 0. The Morgan fingerprint density at radius 3 is 1.62 bits per heavy atom. The first-order valence-electron chi connectivity index (χ1n) is 7.92. The van der Waals surface area contributed by atoms with Crippen molar-refractivity contribution in [2.45, 2.75) is 22.0 Å². The fourth-order valence-electron chi connectivity index (χ4n) is 2.50. The van der Waals surface area contributed by atoms with Crippen molar-refractivity contribution in [2.75, 3.05) is 18.6 Å². The van der Waals surface area contributed by atoms with E-state index in [9.17, 15) is 14.0 Å². The first kappa shape index (κ1) is 20.1. The third kappa shape index (κ3) is 4.98. The molecule has 1 heterocycles. The Kier molecular flexibility index (Phi) is 6.96. The zero-order valence-electron chi connectivity index (χ0n) is 14.1. The van der Waals surface area contributed by atoms with Crippen LogP contribution in [0.25, 0.3) is 0 Å². The summed E-state index contributed by atoms with van der Waals surface area (Å²) in [5.74, 6) is 0.235. The van der Waals surface area contributed by atoms with Gasteiger partial charge < -0.3 is 18.5 Å². The van der Waals surface area contributed by atoms with E-state index in [1.165, 1.54) is 7.11 Å². The van der Waals surface area contributed by atoms with Crippen molar-refractivity contribution >= 4 is 30.5 Å². The minimum atomic E-state index is -3.48. The largest absolute Gasteiger partial charge is 0.611 e. The summed E-state index contributed by atoms with van der Waals surface area (Å²) in [4.78, 5) is 11.6. The summed E-state index contributed by atoms with van der Waals surface area (Å²) < 4.78 is 41.2. The number of benzene rings is 2. The van der Waals surface area contributed by atoms with Crippen molar-refractivity contribution in [2.24, 2.45) is 0 Å². The Balaban J connectivity index is 1.71. The Morgan fingerprint density at radius 1 is 0.885 bits per heavy atom. The lowest BCUT2D eigenvalue weighted by molar-refractivity contribution is 0.170. The second-order valence-electron chi connectivity index (χ2n) is 5.59. The molecule has 1 aliphatic rings. The molecule has 6 nitrogen and oxygen atoms in total. The minimum Gasteiger partial charge on any atom is -0.611 e. The average Bonchev–Trinajstić information content (AvgIpc) is 2.99. The molecule has 26 heavy (non-hydrogen) atoms. The Hall–Kier alpha value is -0.670. The van der Waals surface area contributed by atoms with E-state index in [4.69, 9.17) is 13.6 Å². The standard InChI is InChI=1S/C17H20O6PS2/c1-21-24(18)22-16(12-25(19)14-8-4-2-5-9-14)17(23-24)13-26(20)15-10-6-3-7-11-15/h2-11,16-18H,12-13H2,1H3. The van der Waals surface area contributed by atoms with Gasteiger partial charge in [0.15, 0.2) is 9.79 Å². The number of rotatable bonds is 7. The van der Waals surface area contributed by atoms with Gasteiger partial charge in [0.2, 0.25) is 0 Å². The molecule has 0 aromatic heterocycles. The van der Waals surface area contributed by atoms with Gasteiger partial charge in [-0.1, -0.05) is 36.4 Å². The lowest BCUT2D eigenvalue weighted by Gasteiger charge is -2.19. The van der Waals surface area contributed by atoms with Crippen molar-refractivity contribution in [3.05, 3.63) is 60.7 Å². The van der Waals surface area contributed by atoms with Crippen LogP contribution in [-0.2, 0) is 35.9 Å². The smallest absolute Gasteiger partial charge is 0.378 e. The monoisotopic (exact) mass is 415 g/mol. The predicted octanol–water partition coefficient (Wildman–Crippen LogP) is 2.70. The first-order valence-corrected chi connectivity index (χ1v) is 12.1. The van der Waals surface area contributed by atoms with Crippen LogP contribution in [0.15, 0.2) is 70.5 Å². The topological polar surface area (TPSA) is 94.0 Å². The molecule has 1 radical (unpaired) electrons. The van der Waals surface area contributed by atoms with E-state index in [1.807, 2.05) is 12.1 Å². The highest BCUT2D eigenvalue weighted by molar-refractivity contribution is 7.92. The van der Waals surface area contributed by atoms with Gasteiger partial charge in [0.05, 0.1) is 0 Å². The molecule has 1 fully saturated rings. The van der Waals surface area contributed by atoms with E-state index in [1.54, 1.807) is 48.5 Å². The summed E-state index contributed by atoms with van der Waals surface area (Å²) in [7, 11) is -2.19. The van der Waals surface area contributed by atoms with Gasteiger partial charge in [0, 0.05) is 7.11 Å². The van der Waals surface area contributed by atoms with Crippen molar-refractivity contribution in [3.8, 4) is 0 Å². The minimum absolute atomic E-state index is 0.117. The summed E-state index contributed by atoms with van der Waals surface area (Å²) in [6, 6.07) is 18.0. The summed E-state index contributed by atoms with van der Waals surface area (Å²) in [5.41, 5.74) is 0. The van der Waals surface area contributed by atoms with Crippen LogP contribution >= 0.6 is 8.17 Å². The highest BCUT2D eigenvalue weighted by atomic mass is 32.2. The molecule has 0 amide bonds. The van der Waals surface area contributed by atoms with Crippen LogP contribution in [0.3, 0.4) is 0 Å². The number of hydrogen-bond acceptors (Lipinski definition) is 6. The van der Waals surface area contributed by atoms with Crippen molar-refractivity contribution in [1.82, 2.24) is 0 Å². The molecule has 0 saturated carbocycles. The third-order valence-corrected chi connectivity index (χ3v) is 8.22. The lowest BCUT2D eigenvalue weighted by Crippen LogP contribution is -2.35. The average molecular weight is 415 g/mol. The van der Waals surface area contributed by atoms with E-state index < -0.39 is 42.7 Å². The molecular formula is C17H20O6PS2. The van der Waals surface area contributed by atoms with Crippen LogP contribution in [0.1, 0.15) is 0 Å². The molecule has 4 atom stereocenters. The van der Waals surface area contributed by atoms with E-state index in [2.05, 4.69) is 0 Å². The first-order chi connectivity index (χ1) is 12.5. The molecule has 3 rings (SSSR count). The third-order valence-electron chi connectivity index (χ3n) is 3.83. The van der Waals surface area contributed by atoms with Gasteiger partial charge >= 0.3 is 8.17 Å². The summed E-state index contributed by atoms with van der Waals surface area (Å²) in [6.07, 6.45) is -1.36. The predicted molar refractivity (Wildman–Crippen MR) is 101 cm³/mol. The SMILES string of the molecule is CO[P]1(O)OC(C[S+]([O-])c2ccccc2)C(C[S+]([O-])c2ccccc2)O1. The lowest BCUT2D eigenvalue weighted by atomic mass is 10.3. The van der Waals surface area contributed by atoms with E-state index in [0.29, 0.717) is 9.79 Å². The second kappa shape index (κ2) is 9.01.